The summed E-state index contributed by atoms with van der Waals surface area (Å²) >= 11 is -1.76. The van der Waals surface area contributed by atoms with Gasteiger partial charge in [-0.2, -0.15) is 0 Å². The van der Waals surface area contributed by atoms with E-state index in [1.165, 1.54) is 0 Å². The van der Waals surface area contributed by atoms with Gasteiger partial charge in [0, 0.05) is 11.4 Å². The second-order valence-electron chi connectivity index (χ2n) is 2.34. The van der Waals surface area contributed by atoms with Crippen molar-refractivity contribution in [3.05, 3.63) is 10.5 Å². The summed E-state index contributed by atoms with van der Waals surface area (Å²) in [6.07, 6.45) is 0.915. The average Bonchev–Trinajstić information content (AvgIpc) is 2.36. The van der Waals surface area contributed by atoms with Crippen molar-refractivity contribution in [1.82, 2.24) is 5.32 Å². The summed E-state index contributed by atoms with van der Waals surface area (Å²) in [5.74, 6) is 0. The lowest BCUT2D eigenvalue weighted by molar-refractivity contribution is 0.570. The first-order valence-electron chi connectivity index (χ1n) is 3.22. The molecule has 0 radical (unpaired) electrons. The van der Waals surface area contributed by atoms with Crippen LogP contribution in [-0.2, 0) is 11.1 Å². The summed E-state index contributed by atoms with van der Waals surface area (Å²) in [5.41, 5.74) is 1.08. The minimum Gasteiger partial charge on any atom is -0.313 e. The molecule has 1 rings (SSSR count). The molecule has 0 spiro atoms. The second-order valence-corrected chi connectivity index (χ2v) is 3.45. The first-order valence-corrected chi connectivity index (χ1v) is 4.32. The van der Waals surface area contributed by atoms with E-state index in [1.807, 2.05) is 0 Å². The molecule has 0 aliphatic carbocycles. The molecule has 1 fully saturated rings. The van der Waals surface area contributed by atoms with Gasteiger partial charge >= 0.3 is 0 Å². The van der Waals surface area contributed by atoms with Gasteiger partial charge in [-0.25, -0.2) is 4.21 Å². The van der Waals surface area contributed by atoms with Gasteiger partial charge in [-0.05, 0) is 25.5 Å². The fourth-order valence-electron chi connectivity index (χ4n) is 0.991. The molecule has 0 saturated carbocycles. The van der Waals surface area contributed by atoms with E-state index in [0.29, 0.717) is 4.91 Å². The Kier molecular flexibility index (Phi) is 2.59. The molecule has 0 aromatic rings. The fraction of sp³-hybridized carbons (Fsp3) is 0.667. The third-order valence-corrected chi connectivity index (χ3v) is 2.51. The third kappa shape index (κ3) is 1.65. The molecule has 10 heavy (non-hydrogen) atoms. The van der Waals surface area contributed by atoms with Gasteiger partial charge in [0.25, 0.3) is 0 Å². The van der Waals surface area contributed by atoms with Gasteiger partial charge in [-0.15, -0.1) is 0 Å². The van der Waals surface area contributed by atoms with Gasteiger partial charge in [0.2, 0.25) is 0 Å². The normalized spacial score (nSPS) is 26.6. The SMILES string of the molecule is CC(=C1CCNC1)S(=O)O. The van der Waals surface area contributed by atoms with Crippen LogP contribution in [-0.4, -0.2) is 21.9 Å². The fourth-order valence-corrected chi connectivity index (χ4v) is 1.41. The van der Waals surface area contributed by atoms with Gasteiger partial charge in [0.15, 0.2) is 11.1 Å². The van der Waals surface area contributed by atoms with Gasteiger partial charge in [0.1, 0.15) is 0 Å². The van der Waals surface area contributed by atoms with Crippen molar-refractivity contribution < 1.29 is 8.76 Å². The Bertz CT molecular complexity index is 180. The molecule has 1 unspecified atom stereocenters. The highest BCUT2D eigenvalue weighted by molar-refractivity contribution is 7.83. The van der Waals surface area contributed by atoms with E-state index in [-0.39, 0.29) is 0 Å². The highest BCUT2D eigenvalue weighted by Crippen LogP contribution is 2.13. The molecule has 2 N–H and O–H groups in total. The Morgan fingerprint density at radius 2 is 2.50 bits per heavy atom. The lowest BCUT2D eigenvalue weighted by Crippen LogP contribution is -2.05. The van der Waals surface area contributed by atoms with Crippen LogP contribution in [0.4, 0.5) is 0 Å². The monoisotopic (exact) mass is 161 g/mol. The van der Waals surface area contributed by atoms with Gasteiger partial charge < -0.3 is 9.87 Å². The lowest BCUT2D eigenvalue weighted by atomic mass is 10.2. The number of hydrogen-bond donors (Lipinski definition) is 2. The van der Waals surface area contributed by atoms with Crippen LogP contribution >= 0.6 is 0 Å². The zero-order chi connectivity index (χ0) is 7.56. The lowest BCUT2D eigenvalue weighted by Gasteiger charge is -1.97. The Morgan fingerprint density at radius 3 is 2.90 bits per heavy atom. The van der Waals surface area contributed by atoms with Crippen molar-refractivity contribution in [2.45, 2.75) is 13.3 Å². The molecule has 1 aliphatic rings. The zero-order valence-corrected chi connectivity index (χ0v) is 6.70. The Hall–Kier alpha value is -0.190. The van der Waals surface area contributed by atoms with Crippen molar-refractivity contribution >= 4 is 11.1 Å². The summed E-state index contributed by atoms with van der Waals surface area (Å²) in [4.78, 5) is 0.616. The van der Waals surface area contributed by atoms with Crippen molar-refractivity contribution in [2.75, 3.05) is 13.1 Å². The van der Waals surface area contributed by atoms with Crippen LogP contribution in [0.5, 0.6) is 0 Å². The number of allylic oxidation sites excluding steroid dienone is 1. The maximum absolute atomic E-state index is 10.5. The van der Waals surface area contributed by atoms with Crippen LogP contribution in [0.2, 0.25) is 0 Å². The van der Waals surface area contributed by atoms with E-state index >= 15 is 0 Å². The summed E-state index contributed by atoms with van der Waals surface area (Å²) in [5, 5.41) is 3.10. The number of rotatable bonds is 1. The van der Waals surface area contributed by atoms with Crippen LogP contribution in [0.3, 0.4) is 0 Å². The first-order chi connectivity index (χ1) is 4.72. The second kappa shape index (κ2) is 3.27. The molecule has 0 aromatic carbocycles. The maximum Gasteiger partial charge on any atom is 0.181 e. The number of nitrogens with one attached hydrogen (secondary N) is 1. The van der Waals surface area contributed by atoms with Crippen molar-refractivity contribution in [1.29, 1.82) is 0 Å². The summed E-state index contributed by atoms with van der Waals surface area (Å²) < 4.78 is 19.2. The predicted molar refractivity (Wildman–Crippen MR) is 41.0 cm³/mol. The molecule has 0 bridgehead atoms. The van der Waals surface area contributed by atoms with Crippen LogP contribution in [0.1, 0.15) is 13.3 Å². The molecule has 1 aliphatic heterocycles. The van der Waals surface area contributed by atoms with Gasteiger partial charge in [0.05, 0.1) is 0 Å². The third-order valence-electron chi connectivity index (χ3n) is 1.70. The molecule has 1 saturated heterocycles. The summed E-state index contributed by atoms with van der Waals surface area (Å²) in [6, 6.07) is 0. The highest BCUT2D eigenvalue weighted by atomic mass is 32.2. The quantitative estimate of drug-likeness (QED) is 0.550. The molecule has 0 amide bonds. The molecule has 0 aromatic heterocycles. The molecule has 3 nitrogen and oxygen atoms in total. The van der Waals surface area contributed by atoms with E-state index in [9.17, 15) is 4.21 Å². The topological polar surface area (TPSA) is 49.3 Å². The molecular weight excluding hydrogens is 150 g/mol. The predicted octanol–water partition coefficient (Wildman–Crippen LogP) is 0.475. The first kappa shape index (κ1) is 7.91. The maximum atomic E-state index is 10.5. The number of hydrogen-bond acceptors (Lipinski definition) is 2. The van der Waals surface area contributed by atoms with E-state index in [1.54, 1.807) is 6.92 Å². The zero-order valence-electron chi connectivity index (χ0n) is 5.89. The molecule has 4 heteroatoms. The smallest absolute Gasteiger partial charge is 0.181 e. The molecular formula is C6H11NO2S. The minimum atomic E-state index is -1.76. The molecule has 1 atom stereocenters. The molecule has 1 heterocycles. The highest BCUT2D eigenvalue weighted by Gasteiger charge is 2.11. The summed E-state index contributed by atoms with van der Waals surface area (Å²) in [7, 11) is 0. The van der Waals surface area contributed by atoms with Crippen LogP contribution in [0.25, 0.3) is 0 Å². The minimum absolute atomic E-state index is 0.616. The van der Waals surface area contributed by atoms with Crippen molar-refractivity contribution in [3.63, 3.8) is 0 Å². The van der Waals surface area contributed by atoms with E-state index in [2.05, 4.69) is 5.32 Å². The van der Waals surface area contributed by atoms with E-state index in [4.69, 9.17) is 4.55 Å². The van der Waals surface area contributed by atoms with Crippen LogP contribution in [0, 0.1) is 0 Å². The Balaban J connectivity index is 2.73. The largest absolute Gasteiger partial charge is 0.313 e. The van der Waals surface area contributed by atoms with E-state index < -0.39 is 11.1 Å². The van der Waals surface area contributed by atoms with Gasteiger partial charge in [-0.1, -0.05) is 0 Å². The van der Waals surface area contributed by atoms with Crippen LogP contribution in [0.15, 0.2) is 10.5 Å². The van der Waals surface area contributed by atoms with Crippen molar-refractivity contribution in [2.24, 2.45) is 0 Å². The Labute approximate surface area is 62.8 Å². The van der Waals surface area contributed by atoms with Gasteiger partial charge in [-0.3, -0.25) is 0 Å². The molecule has 58 valence electrons. The van der Waals surface area contributed by atoms with Crippen LogP contribution < -0.4 is 5.32 Å². The Morgan fingerprint density at radius 1 is 1.80 bits per heavy atom. The average molecular weight is 161 g/mol. The summed E-state index contributed by atoms with van der Waals surface area (Å²) in [6.45, 7) is 3.42. The van der Waals surface area contributed by atoms with E-state index in [0.717, 1.165) is 25.1 Å². The standard InChI is InChI=1S/C6H11NO2S/c1-5(10(8)9)6-2-3-7-4-6/h7H,2-4H2,1H3,(H,8,9). The van der Waals surface area contributed by atoms with Crippen molar-refractivity contribution in [3.8, 4) is 0 Å².